The normalized spacial score (nSPS) is 14.9. The van der Waals surface area contributed by atoms with Crippen molar-refractivity contribution in [3.63, 3.8) is 0 Å². The van der Waals surface area contributed by atoms with Crippen LogP contribution in [0.3, 0.4) is 0 Å². The minimum atomic E-state index is -0.877. The summed E-state index contributed by atoms with van der Waals surface area (Å²) in [5, 5.41) is 9.92. The van der Waals surface area contributed by atoms with Gasteiger partial charge in [0.1, 0.15) is 0 Å². The Bertz CT molecular complexity index is 518. The van der Waals surface area contributed by atoms with E-state index in [1.54, 1.807) is 13.1 Å². The number of benzene rings is 1. The van der Waals surface area contributed by atoms with Gasteiger partial charge in [0.15, 0.2) is 0 Å². The number of carboxylic acids is 1. The summed E-state index contributed by atoms with van der Waals surface area (Å²) in [4.78, 5) is 14.0. The first-order valence-electron chi connectivity index (χ1n) is 5.15. The van der Waals surface area contributed by atoms with E-state index < -0.39 is 17.9 Å². The van der Waals surface area contributed by atoms with E-state index in [9.17, 15) is 4.79 Å². The van der Waals surface area contributed by atoms with Crippen LogP contribution in [-0.2, 0) is 4.79 Å². The van der Waals surface area contributed by atoms with Crippen molar-refractivity contribution in [3.8, 4) is 0 Å². The fourth-order valence-electron chi connectivity index (χ4n) is 1.79. The Balaban J connectivity index is 2.44. The molecule has 0 radical (unpaired) electrons. The van der Waals surface area contributed by atoms with Crippen molar-refractivity contribution >= 4 is 16.9 Å². The van der Waals surface area contributed by atoms with Gasteiger partial charge in [-0.25, -0.2) is 0 Å². The summed E-state index contributed by atoms with van der Waals surface area (Å²) in [6, 6.07) is 7.23. The first-order valence-corrected chi connectivity index (χ1v) is 5.15. The molecule has 4 nitrogen and oxygen atoms in total. The zero-order valence-electron chi connectivity index (χ0n) is 8.97. The first-order chi connectivity index (χ1) is 7.61. The molecule has 0 aliphatic carbocycles. The summed E-state index contributed by atoms with van der Waals surface area (Å²) < 4.78 is 0. The zero-order chi connectivity index (χ0) is 11.7. The largest absolute Gasteiger partial charge is 0.481 e. The molecule has 0 fully saturated rings. The van der Waals surface area contributed by atoms with Gasteiger partial charge >= 0.3 is 5.97 Å². The van der Waals surface area contributed by atoms with Gasteiger partial charge in [-0.1, -0.05) is 25.1 Å². The highest BCUT2D eigenvalue weighted by Gasteiger charge is 2.23. The topological polar surface area (TPSA) is 79.1 Å². The standard InChI is InChI=1S/C12H14N2O2/c1-7(12(15)16)11(13)9-6-14-10-5-3-2-4-8(9)10/h2-7,11,14H,13H2,1H3,(H,15,16). The minimum Gasteiger partial charge on any atom is -0.481 e. The highest BCUT2D eigenvalue weighted by molar-refractivity contribution is 5.84. The van der Waals surface area contributed by atoms with Crippen LogP contribution in [0.4, 0.5) is 0 Å². The molecule has 2 rings (SSSR count). The number of nitrogens with two attached hydrogens (primary N) is 1. The van der Waals surface area contributed by atoms with E-state index in [0.717, 1.165) is 16.5 Å². The SMILES string of the molecule is CC(C(=O)O)C(N)c1c[nH]c2ccccc12. The molecular formula is C12H14N2O2. The average Bonchev–Trinajstić information content (AvgIpc) is 2.70. The Hall–Kier alpha value is -1.81. The van der Waals surface area contributed by atoms with E-state index >= 15 is 0 Å². The lowest BCUT2D eigenvalue weighted by Crippen LogP contribution is -2.25. The van der Waals surface area contributed by atoms with E-state index in [2.05, 4.69) is 4.98 Å². The fraction of sp³-hybridized carbons (Fsp3) is 0.250. The highest BCUT2D eigenvalue weighted by Crippen LogP contribution is 2.27. The van der Waals surface area contributed by atoms with Gasteiger partial charge in [-0.15, -0.1) is 0 Å². The summed E-state index contributed by atoms with van der Waals surface area (Å²) in [7, 11) is 0. The number of aliphatic carboxylic acids is 1. The van der Waals surface area contributed by atoms with E-state index in [-0.39, 0.29) is 0 Å². The molecule has 4 N–H and O–H groups in total. The number of hydrogen-bond acceptors (Lipinski definition) is 2. The van der Waals surface area contributed by atoms with Gasteiger partial charge in [-0.2, -0.15) is 0 Å². The predicted octanol–water partition coefficient (Wildman–Crippen LogP) is 1.89. The third-order valence-corrected chi connectivity index (χ3v) is 2.91. The number of rotatable bonds is 3. The maximum Gasteiger partial charge on any atom is 0.308 e. The molecule has 0 amide bonds. The predicted molar refractivity (Wildman–Crippen MR) is 62.0 cm³/mol. The first kappa shape index (κ1) is 10.7. The monoisotopic (exact) mass is 218 g/mol. The van der Waals surface area contributed by atoms with Gasteiger partial charge in [0.05, 0.1) is 5.92 Å². The molecule has 1 heterocycles. The number of carbonyl (C=O) groups is 1. The van der Waals surface area contributed by atoms with E-state index in [1.807, 2.05) is 24.3 Å². The molecule has 4 heteroatoms. The van der Waals surface area contributed by atoms with Crippen LogP contribution >= 0.6 is 0 Å². The number of nitrogens with one attached hydrogen (secondary N) is 1. The molecule has 0 aliphatic rings. The minimum absolute atomic E-state index is 0.492. The molecular weight excluding hydrogens is 204 g/mol. The molecule has 16 heavy (non-hydrogen) atoms. The highest BCUT2D eigenvalue weighted by atomic mass is 16.4. The Labute approximate surface area is 93.1 Å². The Morgan fingerprint density at radius 3 is 2.81 bits per heavy atom. The average molecular weight is 218 g/mol. The van der Waals surface area contributed by atoms with E-state index in [0.29, 0.717) is 0 Å². The molecule has 0 aliphatic heterocycles. The third-order valence-electron chi connectivity index (χ3n) is 2.91. The summed E-state index contributed by atoms with van der Waals surface area (Å²) in [6.45, 7) is 1.62. The van der Waals surface area contributed by atoms with Crippen LogP contribution in [0.15, 0.2) is 30.5 Å². The van der Waals surface area contributed by atoms with Crippen molar-refractivity contribution in [1.29, 1.82) is 0 Å². The number of aromatic amines is 1. The van der Waals surface area contributed by atoms with Crippen LogP contribution in [0.25, 0.3) is 10.9 Å². The molecule has 0 spiro atoms. The summed E-state index contributed by atoms with van der Waals surface area (Å²) in [5.41, 5.74) is 7.78. The molecule has 2 unspecified atom stereocenters. The summed E-state index contributed by atoms with van der Waals surface area (Å²) >= 11 is 0. The van der Waals surface area contributed by atoms with Crippen molar-refractivity contribution in [2.75, 3.05) is 0 Å². The molecule has 0 bridgehead atoms. The number of para-hydroxylation sites is 1. The second-order valence-corrected chi connectivity index (χ2v) is 3.94. The molecule has 1 aromatic heterocycles. The van der Waals surface area contributed by atoms with Crippen molar-refractivity contribution in [2.24, 2.45) is 11.7 Å². The smallest absolute Gasteiger partial charge is 0.308 e. The van der Waals surface area contributed by atoms with Gasteiger partial charge in [0.25, 0.3) is 0 Å². The van der Waals surface area contributed by atoms with Crippen molar-refractivity contribution < 1.29 is 9.90 Å². The van der Waals surface area contributed by atoms with Gasteiger partial charge < -0.3 is 15.8 Å². The van der Waals surface area contributed by atoms with Crippen LogP contribution in [0, 0.1) is 5.92 Å². The van der Waals surface area contributed by atoms with Crippen LogP contribution < -0.4 is 5.73 Å². The third kappa shape index (κ3) is 1.67. The quantitative estimate of drug-likeness (QED) is 0.736. The molecule has 0 saturated carbocycles. The maximum absolute atomic E-state index is 10.9. The Morgan fingerprint density at radius 2 is 2.12 bits per heavy atom. The Morgan fingerprint density at radius 1 is 1.44 bits per heavy atom. The van der Waals surface area contributed by atoms with Gasteiger partial charge in [-0.3, -0.25) is 4.79 Å². The number of H-pyrrole nitrogens is 1. The van der Waals surface area contributed by atoms with Crippen LogP contribution in [-0.4, -0.2) is 16.1 Å². The van der Waals surface area contributed by atoms with Gasteiger partial charge in [-0.05, 0) is 11.6 Å². The van der Waals surface area contributed by atoms with Gasteiger partial charge in [0, 0.05) is 23.1 Å². The van der Waals surface area contributed by atoms with E-state index in [1.165, 1.54) is 0 Å². The summed E-state index contributed by atoms with van der Waals surface area (Å²) in [5.74, 6) is -1.48. The summed E-state index contributed by atoms with van der Waals surface area (Å²) in [6.07, 6.45) is 1.79. The lowest BCUT2D eigenvalue weighted by atomic mass is 9.95. The van der Waals surface area contributed by atoms with Gasteiger partial charge in [0.2, 0.25) is 0 Å². The molecule has 2 atom stereocenters. The zero-order valence-corrected chi connectivity index (χ0v) is 8.97. The fourth-order valence-corrected chi connectivity index (χ4v) is 1.79. The van der Waals surface area contributed by atoms with Crippen LogP contribution in [0.2, 0.25) is 0 Å². The Kier molecular flexibility index (Phi) is 2.66. The number of carboxylic acid groups (broad SMARTS) is 1. The molecule has 1 aromatic carbocycles. The van der Waals surface area contributed by atoms with Crippen molar-refractivity contribution in [3.05, 3.63) is 36.0 Å². The van der Waals surface area contributed by atoms with E-state index in [4.69, 9.17) is 10.8 Å². The number of fused-ring (bicyclic) bond motifs is 1. The second kappa shape index (κ2) is 3.98. The van der Waals surface area contributed by atoms with Crippen molar-refractivity contribution in [2.45, 2.75) is 13.0 Å². The molecule has 2 aromatic rings. The van der Waals surface area contributed by atoms with Crippen LogP contribution in [0.1, 0.15) is 18.5 Å². The van der Waals surface area contributed by atoms with Crippen molar-refractivity contribution in [1.82, 2.24) is 4.98 Å². The molecule has 84 valence electrons. The second-order valence-electron chi connectivity index (χ2n) is 3.94. The molecule has 0 saturated heterocycles. The number of hydrogen-bond donors (Lipinski definition) is 3. The van der Waals surface area contributed by atoms with Crippen LogP contribution in [0.5, 0.6) is 0 Å². The number of aromatic nitrogens is 1. The lowest BCUT2D eigenvalue weighted by Gasteiger charge is -2.15. The maximum atomic E-state index is 10.9. The lowest BCUT2D eigenvalue weighted by molar-refractivity contribution is -0.141.